The van der Waals surface area contributed by atoms with Crippen LogP contribution in [0.25, 0.3) is 0 Å². The molecule has 1 aromatic heterocycles. The maximum Gasteiger partial charge on any atom is 0.160 e. The van der Waals surface area contributed by atoms with Crippen LogP contribution in [0, 0.1) is 0 Å². The van der Waals surface area contributed by atoms with Crippen LogP contribution >= 0.6 is 0 Å². The summed E-state index contributed by atoms with van der Waals surface area (Å²) in [4.78, 5) is 4.33. The Labute approximate surface area is 101 Å². The molecule has 1 aromatic rings. The zero-order valence-corrected chi connectivity index (χ0v) is 10.5. The summed E-state index contributed by atoms with van der Waals surface area (Å²) in [5, 5.41) is -0.401. The molecule has 6 heteroatoms. The molecule has 1 saturated heterocycles. The highest BCUT2D eigenvalue weighted by molar-refractivity contribution is 7.91. The van der Waals surface area contributed by atoms with Crippen molar-refractivity contribution < 1.29 is 8.42 Å². The van der Waals surface area contributed by atoms with Gasteiger partial charge < -0.3 is 10.3 Å². The van der Waals surface area contributed by atoms with Crippen LogP contribution in [0.15, 0.2) is 6.20 Å². The van der Waals surface area contributed by atoms with Crippen LogP contribution in [-0.4, -0.2) is 23.7 Å². The third-order valence-corrected chi connectivity index (χ3v) is 5.98. The lowest BCUT2D eigenvalue weighted by molar-refractivity contribution is 0.448. The van der Waals surface area contributed by atoms with Crippen molar-refractivity contribution in [2.75, 3.05) is 5.75 Å². The van der Waals surface area contributed by atoms with Gasteiger partial charge in [-0.2, -0.15) is 0 Å². The molecule has 2 aliphatic rings. The van der Waals surface area contributed by atoms with Crippen LogP contribution < -0.4 is 5.73 Å². The van der Waals surface area contributed by atoms with Crippen LogP contribution in [0.1, 0.15) is 48.5 Å². The second kappa shape index (κ2) is 3.81. The fourth-order valence-electron chi connectivity index (χ4n) is 2.90. The van der Waals surface area contributed by atoms with E-state index in [-0.39, 0.29) is 6.04 Å². The quantitative estimate of drug-likeness (QED) is 0.809. The van der Waals surface area contributed by atoms with E-state index in [1.807, 2.05) is 4.57 Å². The van der Waals surface area contributed by atoms with E-state index in [9.17, 15) is 8.42 Å². The predicted molar refractivity (Wildman–Crippen MR) is 64.2 cm³/mol. The number of hydrogen-bond donors (Lipinski definition) is 1. The maximum atomic E-state index is 11.9. The van der Waals surface area contributed by atoms with Crippen molar-refractivity contribution in [1.82, 2.24) is 9.55 Å². The fraction of sp³-hybridized carbons (Fsp3) is 0.727. The number of sulfone groups is 1. The highest BCUT2D eigenvalue weighted by atomic mass is 32.2. The van der Waals surface area contributed by atoms with Gasteiger partial charge in [-0.15, -0.1) is 0 Å². The van der Waals surface area contributed by atoms with Gasteiger partial charge in [-0.1, -0.05) is 0 Å². The molecule has 0 aromatic carbocycles. The Hall–Kier alpha value is -0.880. The minimum atomic E-state index is -2.99. The van der Waals surface area contributed by atoms with Crippen molar-refractivity contribution in [3.63, 3.8) is 0 Å². The summed E-state index contributed by atoms with van der Waals surface area (Å²) in [5.74, 6) is 1.01. The third kappa shape index (κ3) is 1.70. The smallest absolute Gasteiger partial charge is 0.160 e. The van der Waals surface area contributed by atoms with Gasteiger partial charge in [-0.05, 0) is 25.7 Å². The predicted octanol–water partition coefficient (Wildman–Crippen LogP) is 0.926. The van der Waals surface area contributed by atoms with E-state index in [0.29, 0.717) is 18.0 Å². The summed E-state index contributed by atoms with van der Waals surface area (Å²) in [6, 6.07) is 0.00843. The molecule has 17 heavy (non-hydrogen) atoms. The Morgan fingerprint density at radius 2 is 2.18 bits per heavy atom. The molecule has 0 bridgehead atoms. The molecule has 3 rings (SSSR count). The molecule has 1 fully saturated rings. The second-order valence-electron chi connectivity index (χ2n) is 4.94. The van der Waals surface area contributed by atoms with Crippen molar-refractivity contribution in [3.05, 3.63) is 17.7 Å². The van der Waals surface area contributed by atoms with Gasteiger partial charge in [0, 0.05) is 12.6 Å². The Balaban J connectivity index is 2.05. The molecular formula is C11H17N3O2S. The van der Waals surface area contributed by atoms with E-state index in [4.69, 9.17) is 5.73 Å². The van der Waals surface area contributed by atoms with Crippen LogP contribution in [0.5, 0.6) is 0 Å². The van der Waals surface area contributed by atoms with Crippen LogP contribution in [0.3, 0.4) is 0 Å². The Morgan fingerprint density at radius 1 is 1.35 bits per heavy atom. The Morgan fingerprint density at radius 3 is 2.88 bits per heavy atom. The van der Waals surface area contributed by atoms with E-state index >= 15 is 0 Å². The van der Waals surface area contributed by atoms with Crippen molar-refractivity contribution in [2.24, 2.45) is 5.73 Å². The van der Waals surface area contributed by atoms with Crippen molar-refractivity contribution in [3.8, 4) is 0 Å². The monoisotopic (exact) mass is 255 g/mol. The highest BCUT2D eigenvalue weighted by Gasteiger charge is 2.37. The van der Waals surface area contributed by atoms with Gasteiger partial charge in [0.1, 0.15) is 11.1 Å². The average molecular weight is 255 g/mol. The van der Waals surface area contributed by atoms with E-state index < -0.39 is 15.1 Å². The molecular weight excluding hydrogens is 238 g/mol. The molecule has 0 spiro atoms. The van der Waals surface area contributed by atoms with Crippen LogP contribution in [-0.2, 0) is 16.4 Å². The number of nitrogens with zero attached hydrogens (tertiary/aromatic N) is 2. The molecule has 0 amide bonds. The molecule has 0 radical (unpaired) electrons. The number of aromatic nitrogens is 2. The van der Waals surface area contributed by atoms with Gasteiger partial charge in [0.25, 0.3) is 0 Å². The van der Waals surface area contributed by atoms with Crippen molar-refractivity contribution in [2.45, 2.75) is 43.5 Å². The second-order valence-corrected chi connectivity index (χ2v) is 7.24. The van der Waals surface area contributed by atoms with Crippen molar-refractivity contribution >= 4 is 9.84 Å². The summed E-state index contributed by atoms with van der Waals surface area (Å²) in [5.41, 5.74) is 7.01. The summed E-state index contributed by atoms with van der Waals surface area (Å²) in [7, 11) is -2.99. The lowest BCUT2D eigenvalue weighted by Crippen LogP contribution is -2.24. The van der Waals surface area contributed by atoms with Gasteiger partial charge in [0.05, 0.1) is 17.6 Å². The standard InChI is InChI=1S/C11H17N3O2S/c12-8-3-1-5-14-9(8)7-13-11(14)10-4-2-6-17(10,15)16/h7-8,10H,1-6,12H2. The number of rotatable bonds is 1. The van der Waals surface area contributed by atoms with Gasteiger partial charge in [-0.3, -0.25) is 0 Å². The largest absolute Gasteiger partial charge is 0.329 e. The lowest BCUT2D eigenvalue weighted by Gasteiger charge is -2.23. The number of hydrogen-bond acceptors (Lipinski definition) is 4. The first-order chi connectivity index (χ1) is 8.09. The van der Waals surface area contributed by atoms with Gasteiger partial charge >= 0.3 is 0 Å². The molecule has 2 N–H and O–H groups in total. The van der Waals surface area contributed by atoms with Gasteiger partial charge in [0.2, 0.25) is 0 Å². The molecule has 94 valence electrons. The minimum Gasteiger partial charge on any atom is -0.329 e. The minimum absolute atomic E-state index is 0.00843. The SMILES string of the molecule is NC1CCCn2c1cnc2C1CCCS1(=O)=O. The molecule has 2 unspecified atom stereocenters. The summed E-state index contributed by atoms with van der Waals surface area (Å²) < 4.78 is 25.9. The average Bonchev–Trinajstić information content (AvgIpc) is 2.82. The van der Waals surface area contributed by atoms with Crippen molar-refractivity contribution in [1.29, 1.82) is 0 Å². The summed E-state index contributed by atoms with van der Waals surface area (Å²) in [6.07, 6.45) is 5.18. The van der Waals surface area contributed by atoms with Crippen LogP contribution in [0.2, 0.25) is 0 Å². The third-order valence-electron chi connectivity index (χ3n) is 3.81. The van der Waals surface area contributed by atoms with E-state index in [1.165, 1.54) is 0 Å². The normalized spacial score (nSPS) is 31.4. The first-order valence-electron chi connectivity index (χ1n) is 6.12. The van der Waals surface area contributed by atoms with Crippen LogP contribution in [0.4, 0.5) is 0 Å². The molecule has 2 aliphatic heterocycles. The molecule has 5 nitrogen and oxygen atoms in total. The number of nitrogens with two attached hydrogens (primary N) is 1. The molecule has 0 aliphatic carbocycles. The fourth-order valence-corrected chi connectivity index (χ4v) is 4.79. The highest BCUT2D eigenvalue weighted by Crippen LogP contribution is 2.36. The van der Waals surface area contributed by atoms with Gasteiger partial charge in [0.15, 0.2) is 9.84 Å². The zero-order chi connectivity index (χ0) is 12.0. The lowest BCUT2D eigenvalue weighted by atomic mass is 10.1. The Bertz CT molecular complexity index is 535. The number of imidazole rings is 1. The topological polar surface area (TPSA) is 78.0 Å². The summed E-state index contributed by atoms with van der Waals surface area (Å²) >= 11 is 0. The Kier molecular flexibility index (Phi) is 2.52. The first kappa shape index (κ1) is 11.2. The molecule has 3 heterocycles. The van der Waals surface area contributed by atoms with E-state index in [0.717, 1.165) is 31.5 Å². The van der Waals surface area contributed by atoms with Gasteiger partial charge in [-0.25, -0.2) is 13.4 Å². The molecule has 0 saturated carbocycles. The molecule has 2 atom stereocenters. The van der Waals surface area contributed by atoms with E-state index in [1.54, 1.807) is 6.20 Å². The van der Waals surface area contributed by atoms with E-state index in [2.05, 4.69) is 4.98 Å². The zero-order valence-electron chi connectivity index (χ0n) is 9.67. The summed E-state index contributed by atoms with van der Waals surface area (Å²) in [6.45, 7) is 0.852. The maximum absolute atomic E-state index is 11.9. The first-order valence-corrected chi connectivity index (χ1v) is 7.83. The number of fused-ring (bicyclic) bond motifs is 1.